The van der Waals surface area contributed by atoms with Crippen molar-refractivity contribution in [2.24, 2.45) is 0 Å². The van der Waals surface area contributed by atoms with Crippen LogP contribution >= 0.6 is 0 Å². The van der Waals surface area contributed by atoms with Gasteiger partial charge in [-0.15, -0.1) is 0 Å². The number of nitrogens with one attached hydrogen (secondary N) is 1. The molecule has 0 aromatic rings. The molecule has 0 spiro atoms. The number of aliphatic hydroxyl groups is 5. The van der Waals surface area contributed by atoms with E-state index >= 15 is 0 Å². The molecule has 388 valence electrons. The van der Waals surface area contributed by atoms with Crippen molar-refractivity contribution in [1.29, 1.82) is 0 Å². The van der Waals surface area contributed by atoms with Gasteiger partial charge in [-0.2, -0.15) is 0 Å². The minimum absolute atomic E-state index is 0.131. The molecule has 9 nitrogen and oxygen atoms in total. The normalized spacial score (nSPS) is 19.8. The fourth-order valence-electron chi connectivity index (χ4n) is 9.64. The van der Waals surface area contributed by atoms with Crippen molar-refractivity contribution in [3.63, 3.8) is 0 Å². The standard InChI is InChI=1S/C56H111NO8/c1-3-5-7-9-11-13-15-17-19-20-21-22-23-24-25-26-27-28-29-30-31-32-33-35-37-39-41-43-45-50(59)49(48-64-56-55(63)54(62)53(61)51(47-58)65-56)57-52(60)46-44-42-40-38-36-34-18-16-14-12-10-8-6-4-2/h49-51,53-56,58-59,61-63H,3-48H2,1-2H3,(H,57,60). The average Bonchev–Trinajstić information content (AvgIpc) is 3.31. The fraction of sp³-hybridized carbons (Fsp3) is 0.982. The molecule has 0 saturated carbocycles. The van der Waals surface area contributed by atoms with Crippen molar-refractivity contribution >= 4 is 5.91 Å². The van der Waals surface area contributed by atoms with Gasteiger partial charge in [0.05, 0.1) is 25.4 Å². The third kappa shape index (κ3) is 36.8. The van der Waals surface area contributed by atoms with Gasteiger partial charge in [0.2, 0.25) is 5.91 Å². The lowest BCUT2D eigenvalue weighted by Gasteiger charge is -2.40. The first kappa shape index (κ1) is 62.2. The van der Waals surface area contributed by atoms with Crippen LogP contribution in [0.1, 0.15) is 296 Å². The number of ether oxygens (including phenoxy) is 2. The number of aliphatic hydroxyl groups excluding tert-OH is 5. The number of hydrogen-bond donors (Lipinski definition) is 6. The zero-order chi connectivity index (χ0) is 47.3. The molecule has 6 N–H and O–H groups in total. The smallest absolute Gasteiger partial charge is 0.220 e. The number of carbonyl (C=O) groups is 1. The van der Waals surface area contributed by atoms with Crippen LogP contribution in [0.3, 0.4) is 0 Å². The predicted molar refractivity (Wildman–Crippen MR) is 272 cm³/mol. The van der Waals surface area contributed by atoms with E-state index in [-0.39, 0.29) is 12.5 Å². The third-order valence-corrected chi connectivity index (χ3v) is 14.2. The number of unbranched alkanes of at least 4 members (excludes halogenated alkanes) is 40. The van der Waals surface area contributed by atoms with E-state index in [4.69, 9.17) is 9.47 Å². The minimum Gasteiger partial charge on any atom is -0.394 e. The Morgan fingerprint density at radius 2 is 0.769 bits per heavy atom. The quantitative estimate of drug-likeness (QED) is 0.0330. The van der Waals surface area contributed by atoms with Gasteiger partial charge >= 0.3 is 0 Å². The van der Waals surface area contributed by atoms with Crippen LogP contribution in [0.5, 0.6) is 0 Å². The minimum atomic E-state index is -1.55. The lowest BCUT2D eigenvalue weighted by atomic mass is 9.99. The molecule has 0 radical (unpaired) electrons. The zero-order valence-corrected chi connectivity index (χ0v) is 43.0. The van der Waals surface area contributed by atoms with Crippen molar-refractivity contribution in [3.05, 3.63) is 0 Å². The highest BCUT2D eigenvalue weighted by molar-refractivity contribution is 5.76. The molecule has 7 unspecified atom stereocenters. The van der Waals surface area contributed by atoms with E-state index in [1.807, 2.05) is 0 Å². The van der Waals surface area contributed by atoms with Crippen molar-refractivity contribution in [1.82, 2.24) is 5.32 Å². The lowest BCUT2D eigenvalue weighted by Crippen LogP contribution is -2.60. The maximum absolute atomic E-state index is 13.0. The molecule has 1 saturated heterocycles. The van der Waals surface area contributed by atoms with Crippen LogP contribution in [0.25, 0.3) is 0 Å². The van der Waals surface area contributed by atoms with Crippen LogP contribution < -0.4 is 5.32 Å². The molecule has 65 heavy (non-hydrogen) atoms. The summed E-state index contributed by atoms with van der Waals surface area (Å²) in [6.45, 7) is 3.88. The Balaban J connectivity index is 2.14. The summed E-state index contributed by atoms with van der Waals surface area (Å²) in [5, 5.41) is 54.6. The van der Waals surface area contributed by atoms with Crippen molar-refractivity contribution < 1.29 is 39.8 Å². The monoisotopic (exact) mass is 926 g/mol. The first-order valence-corrected chi connectivity index (χ1v) is 28.7. The summed E-state index contributed by atoms with van der Waals surface area (Å²) in [6.07, 6.45) is 48.5. The molecule has 1 aliphatic rings. The summed E-state index contributed by atoms with van der Waals surface area (Å²) in [6, 6.07) is -0.713. The SMILES string of the molecule is CCCCCCCCCCCCCCCCCCCCCCCCCCCCCCC(O)C(COC1OC(CO)C(O)C(O)C1O)NC(=O)CCCCCCCCCCCCCCCC. The van der Waals surface area contributed by atoms with Crippen LogP contribution in [0.2, 0.25) is 0 Å². The highest BCUT2D eigenvalue weighted by Gasteiger charge is 2.44. The predicted octanol–water partition coefficient (Wildman–Crippen LogP) is 13.9. The van der Waals surface area contributed by atoms with Crippen molar-refractivity contribution in [3.8, 4) is 0 Å². The molecule has 0 aromatic heterocycles. The van der Waals surface area contributed by atoms with Gasteiger partial charge in [-0.25, -0.2) is 0 Å². The largest absolute Gasteiger partial charge is 0.394 e. The molecule has 1 aliphatic heterocycles. The number of carbonyl (C=O) groups excluding carboxylic acids is 1. The summed E-state index contributed by atoms with van der Waals surface area (Å²) in [4.78, 5) is 13.0. The Kier molecular flexibility index (Phi) is 44.9. The van der Waals surface area contributed by atoms with E-state index in [9.17, 15) is 30.3 Å². The topological polar surface area (TPSA) is 149 Å². The molecular formula is C56H111NO8. The molecule has 7 atom stereocenters. The van der Waals surface area contributed by atoms with Crippen LogP contribution in [0.15, 0.2) is 0 Å². The third-order valence-electron chi connectivity index (χ3n) is 14.2. The number of amides is 1. The maximum Gasteiger partial charge on any atom is 0.220 e. The molecule has 9 heteroatoms. The van der Waals surface area contributed by atoms with Crippen molar-refractivity contribution in [2.75, 3.05) is 13.2 Å². The number of hydrogen-bond acceptors (Lipinski definition) is 8. The molecule has 1 heterocycles. The van der Waals surface area contributed by atoms with E-state index in [0.29, 0.717) is 12.8 Å². The first-order chi connectivity index (χ1) is 31.8. The van der Waals surface area contributed by atoms with Crippen LogP contribution in [0, 0.1) is 0 Å². The maximum atomic E-state index is 13.0. The van der Waals surface area contributed by atoms with Gasteiger partial charge in [-0.05, 0) is 12.8 Å². The summed E-state index contributed by atoms with van der Waals surface area (Å²) in [5.41, 5.74) is 0. The Morgan fingerprint density at radius 3 is 1.09 bits per heavy atom. The van der Waals surface area contributed by atoms with E-state index < -0.39 is 49.5 Å². The van der Waals surface area contributed by atoms with Crippen LogP contribution in [-0.4, -0.2) is 87.5 Å². The lowest BCUT2D eigenvalue weighted by molar-refractivity contribution is -0.302. The second-order valence-corrected chi connectivity index (χ2v) is 20.5. The summed E-state index contributed by atoms with van der Waals surface area (Å²) in [5.74, 6) is -0.138. The van der Waals surface area contributed by atoms with E-state index in [1.165, 1.54) is 231 Å². The molecule has 0 aromatic carbocycles. The fourth-order valence-corrected chi connectivity index (χ4v) is 9.64. The molecule has 0 aliphatic carbocycles. The molecule has 1 fully saturated rings. The molecular weight excluding hydrogens is 815 g/mol. The van der Waals surface area contributed by atoms with Gasteiger partial charge in [0.1, 0.15) is 24.4 Å². The Hall–Kier alpha value is -0.810. The van der Waals surface area contributed by atoms with Gasteiger partial charge in [-0.3, -0.25) is 4.79 Å². The summed E-state index contributed by atoms with van der Waals surface area (Å²) < 4.78 is 11.3. The second kappa shape index (κ2) is 46.9. The Morgan fingerprint density at radius 1 is 0.462 bits per heavy atom. The van der Waals surface area contributed by atoms with Gasteiger partial charge in [0.25, 0.3) is 0 Å². The molecule has 1 rings (SSSR count). The molecule has 1 amide bonds. The second-order valence-electron chi connectivity index (χ2n) is 20.5. The van der Waals surface area contributed by atoms with Gasteiger partial charge < -0.3 is 40.3 Å². The Labute approximate surface area is 402 Å². The number of rotatable bonds is 50. The van der Waals surface area contributed by atoms with Gasteiger partial charge in [0.15, 0.2) is 6.29 Å². The first-order valence-electron chi connectivity index (χ1n) is 28.7. The summed E-state index contributed by atoms with van der Waals surface area (Å²) in [7, 11) is 0. The summed E-state index contributed by atoms with van der Waals surface area (Å²) >= 11 is 0. The van der Waals surface area contributed by atoms with Crippen molar-refractivity contribution in [2.45, 2.75) is 339 Å². The van der Waals surface area contributed by atoms with E-state index in [0.717, 1.165) is 38.5 Å². The van der Waals surface area contributed by atoms with Gasteiger partial charge in [-0.1, -0.05) is 277 Å². The highest BCUT2D eigenvalue weighted by atomic mass is 16.7. The van der Waals surface area contributed by atoms with Gasteiger partial charge in [0, 0.05) is 6.42 Å². The van der Waals surface area contributed by atoms with Crippen LogP contribution in [0.4, 0.5) is 0 Å². The van der Waals surface area contributed by atoms with E-state index in [1.54, 1.807) is 0 Å². The Bertz CT molecular complexity index is 986. The highest BCUT2D eigenvalue weighted by Crippen LogP contribution is 2.23. The molecule has 0 bridgehead atoms. The van der Waals surface area contributed by atoms with Crippen LogP contribution in [-0.2, 0) is 14.3 Å². The average molecular weight is 927 g/mol. The zero-order valence-electron chi connectivity index (χ0n) is 43.0. The van der Waals surface area contributed by atoms with E-state index in [2.05, 4.69) is 19.2 Å².